The number of carbonyl (C=O) groups excluding carboxylic acids is 1. The lowest BCUT2D eigenvalue weighted by Gasteiger charge is -2.54. The van der Waals surface area contributed by atoms with Crippen molar-refractivity contribution in [2.45, 2.75) is 45.8 Å². The van der Waals surface area contributed by atoms with Crippen molar-refractivity contribution in [1.82, 2.24) is 10.2 Å². The number of fused-ring (bicyclic) bond motifs is 1. The summed E-state index contributed by atoms with van der Waals surface area (Å²) in [5.74, 6) is 0.491. The molecule has 1 N–H and O–H groups in total. The molecule has 1 aromatic carbocycles. The molecular formula is C21H31N3O2. The first-order valence-corrected chi connectivity index (χ1v) is 9.95. The van der Waals surface area contributed by atoms with Gasteiger partial charge in [0.05, 0.1) is 6.10 Å². The first kappa shape index (κ1) is 17.7. The Bertz CT molecular complexity index is 658. The second kappa shape index (κ2) is 6.76. The molecule has 3 atom stereocenters. The summed E-state index contributed by atoms with van der Waals surface area (Å²) in [6.45, 7) is 10.9. The number of ether oxygens (including phenoxy) is 1. The molecule has 26 heavy (non-hydrogen) atoms. The summed E-state index contributed by atoms with van der Waals surface area (Å²) in [5.41, 5.74) is 2.57. The van der Waals surface area contributed by atoms with Gasteiger partial charge in [-0.25, -0.2) is 4.79 Å². The highest BCUT2D eigenvalue weighted by Crippen LogP contribution is 2.52. The van der Waals surface area contributed by atoms with Crippen molar-refractivity contribution in [3.8, 4) is 0 Å². The summed E-state index contributed by atoms with van der Waals surface area (Å²) in [6.07, 6.45) is 2.39. The van der Waals surface area contributed by atoms with Gasteiger partial charge in [-0.3, -0.25) is 0 Å². The fraction of sp³-hybridized carbons (Fsp3) is 0.667. The number of carbonyl (C=O) groups is 1. The lowest BCUT2D eigenvalue weighted by atomic mass is 9.57. The standard InChI is InChI=1S/C21H31N3O2/c1-15-5-7-16(8-6-15)23-10-4-11-24(13-12-23)20(25)22-18-17-9-14-26-19(17)21(18,2)3/h5-8,17-19H,4,9-14H2,1-3H3,(H,22,25)/t17-,18+,19-/m0/s1. The fourth-order valence-electron chi connectivity index (χ4n) is 4.98. The lowest BCUT2D eigenvalue weighted by Crippen LogP contribution is -2.68. The van der Waals surface area contributed by atoms with E-state index >= 15 is 0 Å². The van der Waals surface area contributed by atoms with Gasteiger partial charge in [0.15, 0.2) is 0 Å². The van der Waals surface area contributed by atoms with Crippen LogP contribution in [-0.4, -0.2) is 55.9 Å². The summed E-state index contributed by atoms with van der Waals surface area (Å²) < 4.78 is 5.84. The van der Waals surface area contributed by atoms with Crippen LogP contribution in [0.4, 0.5) is 10.5 Å². The van der Waals surface area contributed by atoms with E-state index in [1.807, 2.05) is 4.90 Å². The van der Waals surface area contributed by atoms with E-state index in [-0.39, 0.29) is 17.5 Å². The van der Waals surface area contributed by atoms with Crippen LogP contribution in [0.1, 0.15) is 32.3 Å². The van der Waals surface area contributed by atoms with Gasteiger partial charge in [-0.15, -0.1) is 0 Å². The maximum atomic E-state index is 12.9. The van der Waals surface area contributed by atoms with Crippen molar-refractivity contribution < 1.29 is 9.53 Å². The molecule has 2 aliphatic heterocycles. The maximum absolute atomic E-state index is 12.9. The Morgan fingerprint density at radius 2 is 1.92 bits per heavy atom. The molecule has 5 heteroatoms. The first-order valence-electron chi connectivity index (χ1n) is 9.95. The largest absolute Gasteiger partial charge is 0.377 e. The third-order valence-electron chi connectivity index (χ3n) is 6.56. The number of nitrogens with one attached hydrogen (secondary N) is 1. The molecule has 0 radical (unpaired) electrons. The molecule has 142 valence electrons. The van der Waals surface area contributed by atoms with Crippen LogP contribution in [-0.2, 0) is 4.74 Å². The second-order valence-corrected chi connectivity index (χ2v) is 8.66. The maximum Gasteiger partial charge on any atom is 0.317 e. The average molecular weight is 357 g/mol. The normalized spacial score (nSPS) is 30.3. The molecule has 5 nitrogen and oxygen atoms in total. The van der Waals surface area contributed by atoms with Crippen LogP contribution in [0.5, 0.6) is 0 Å². The molecule has 3 aliphatic rings. The van der Waals surface area contributed by atoms with Crippen LogP contribution in [0, 0.1) is 18.3 Å². The summed E-state index contributed by atoms with van der Waals surface area (Å²) in [6, 6.07) is 9.01. The number of rotatable bonds is 2. The van der Waals surface area contributed by atoms with Crippen LogP contribution in [0.3, 0.4) is 0 Å². The van der Waals surface area contributed by atoms with E-state index < -0.39 is 0 Å². The van der Waals surface area contributed by atoms with Crippen LogP contribution in [0.2, 0.25) is 0 Å². The predicted octanol–water partition coefficient (Wildman–Crippen LogP) is 3.03. The summed E-state index contributed by atoms with van der Waals surface area (Å²) in [4.78, 5) is 17.3. The minimum atomic E-state index is 0.0383. The van der Waals surface area contributed by atoms with Crippen LogP contribution in [0.25, 0.3) is 0 Å². The van der Waals surface area contributed by atoms with Gasteiger partial charge in [-0.1, -0.05) is 31.5 Å². The zero-order valence-corrected chi connectivity index (χ0v) is 16.2. The molecular weight excluding hydrogens is 326 g/mol. The number of benzene rings is 1. The smallest absolute Gasteiger partial charge is 0.317 e. The van der Waals surface area contributed by atoms with Crippen molar-refractivity contribution in [2.24, 2.45) is 11.3 Å². The highest BCUT2D eigenvalue weighted by atomic mass is 16.5. The van der Waals surface area contributed by atoms with Gasteiger partial charge in [0, 0.05) is 55.8 Å². The van der Waals surface area contributed by atoms with Gasteiger partial charge in [-0.05, 0) is 31.9 Å². The number of nitrogens with zero attached hydrogens (tertiary/aromatic N) is 2. The van der Waals surface area contributed by atoms with Crippen molar-refractivity contribution in [3.05, 3.63) is 29.8 Å². The van der Waals surface area contributed by atoms with E-state index in [2.05, 4.69) is 55.3 Å². The van der Waals surface area contributed by atoms with Gasteiger partial charge < -0.3 is 19.9 Å². The van der Waals surface area contributed by atoms with E-state index in [9.17, 15) is 4.79 Å². The van der Waals surface area contributed by atoms with Crippen LogP contribution < -0.4 is 10.2 Å². The second-order valence-electron chi connectivity index (χ2n) is 8.66. The number of anilines is 1. The Kier molecular flexibility index (Phi) is 4.59. The number of urea groups is 1. The Balaban J connectivity index is 1.35. The molecule has 1 saturated carbocycles. The summed E-state index contributed by atoms with van der Waals surface area (Å²) in [7, 11) is 0. The van der Waals surface area contributed by atoms with Crippen molar-refractivity contribution in [3.63, 3.8) is 0 Å². The minimum Gasteiger partial charge on any atom is -0.377 e. The first-order chi connectivity index (χ1) is 12.5. The van der Waals surface area contributed by atoms with E-state index in [1.54, 1.807) is 0 Å². The quantitative estimate of drug-likeness (QED) is 0.885. The monoisotopic (exact) mass is 357 g/mol. The van der Waals surface area contributed by atoms with Crippen molar-refractivity contribution in [2.75, 3.05) is 37.7 Å². The number of hydrogen-bond donors (Lipinski definition) is 1. The Hall–Kier alpha value is -1.75. The van der Waals surface area contributed by atoms with Gasteiger partial charge in [-0.2, -0.15) is 0 Å². The molecule has 4 rings (SSSR count). The number of amides is 2. The summed E-state index contributed by atoms with van der Waals surface area (Å²) >= 11 is 0. The van der Waals surface area contributed by atoms with Gasteiger partial charge >= 0.3 is 6.03 Å². The topological polar surface area (TPSA) is 44.8 Å². The zero-order valence-electron chi connectivity index (χ0n) is 16.2. The molecule has 0 aromatic heterocycles. The Labute approximate surface area is 156 Å². The molecule has 1 aliphatic carbocycles. The minimum absolute atomic E-state index is 0.0383. The molecule has 3 fully saturated rings. The zero-order chi connectivity index (χ0) is 18.3. The molecule has 2 amide bonds. The third-order valence-corrected chi connectivity index (χ3v) is 6.56. The van der Waals surface area contributed by atoms with Gasteiger partial charge in [0.25, 0.3) is 0 Å². The highest BCUT2D eigenvalue weighted by molar-refractivity contribution is 5.75. The Morgan fingerprint density at radius 1 is 1.15 bits per heavy atom. The third kappa shape index (κ3) is 3.07. The molecule has 2 saturated heterocycles. The van der Waals surface area contributed by atoms with E-state index in [1.165, 1.54) is 11.3 Å². The lowest BCUT2D eigenvalue weighted by molar-refractivity contribution is -0.109. The molecule has 0 spiro atoms. The fourth-order valence-corrected chi connectivity index (χ4v) is 4.98. The van der Waals surface area contributed by atoms with Gasteiger partial charge in [0.1, 0.15) is 0 Å². The Morgan fingerprint density at radius 3 is 2.69 bits per heavy atom. The van der Waals surface area contributed by atoms with E-state index in [4.69, 9.17) is 4.74 Å². The molecule has 0 unspecified atom stereocenters. The van der Waals surface area contributed by atoms with E-state index in [0.717, 1.165) is 45.6 Å². The summed E-state index contributed by atoms with van der Waals surface area (Å²) in [5, 5.41) is 3.33. The van der Waals surface area contributed by atoms with Crippen LogP contribution in [0.15, 0.2) is 24.3 Å². The van der Waals surface area contributed by atoms with Crippen LogP contribution >= 0.6 is 0 Å². The predicted molar refractivity (Wildman–Crippen MR) is 104 cm³/mol. The number of hydrogen-bond acceptors (Lipinski definition) is 3. The SMILES string of the molecule is Cc1ccc(N2CCCN(C(=O)N[C@@H]3[C@@H]4CCO[C@@H]4C3(C)C)CC2)cc1. The molecule has 1 aromatic rings. The van der Waals surface area contributed by atoms with E-state index in [0.29, 0.717) is 12.0 Å². The number of aryl methyl sites for hydroxylation is 1. The molecule has 0 bridgehead atoms. The molecule has 2 heterocycles. The average Bonchev–Trinajstić information content (AvgIpc) is 2.94. The van der Waals surface area contributed by atoms with Crippen molar-refractivity contribution in [1.29, 1.82) is 0 Å². The van der Waals surface area contributed by atoms with Crippen molar-refractivity contribution >= 4 is 11.7 Å². The van der Waals surface area contributed by atoms with Gasteiger partial charge in [0.2, 0.25) is 0 Å². The highest BCUT2D eigenvalue weighted by Gasteiger charge is 2.60.